The fraction of sp³-hybridized carbons (Fsp3) is 0.385. The van der Waals surface area contributed by atoms with Crippen LogP contribution in [0.3, 0.4) is 0 Å². The molecule has 1 unspecified atom stereocenters. The molecule has 8 heteroatoms. The smallest absolute Gasteiger partial charge is 0.422 e. The summed E-state index contributed by atoms with van der Waals surface area (Å²) in [5.74, 6) is -2.19. The lowest BCUT2D eigenvalue weighted by Gasteiger charge is -2.28. The van der Waals surface area contributed by atoms with Crippen LogP contribution in [0.2, 0.25) is 0 Å². The standard InChI is InChI=1S/C13H15F3N2O3/c1-7-4-8(2)6-9(5-7)17-11(21)18-12(3,10(19)20)13(14,15)16/h4-6H,1-3H3,(H,19,20)(H2,17,18,21). The lowest BCUT2D eigenvalue weighted by Crippen LogP contribution is -2.62. The molecule has 0 aliphatic rings. The van der Waals surface area contributed by atoms with E-state index in [1.54, 1.807) is 26.0 Å². The van der Waals surface area contributed by atoms with E-state index in [2.05, 4.69) is 5.32 Å². The third kappa shape index (κ3) is 3.87. The molecule has 0 aliphatic heterocycles. The number of benzene rings is 1. The zero-order valence-electron chi connectivity index (χ0n) is 11.6. The number of urea groups is 1. The van der Waals surface area contributed by atoms with Crippen molar-refractivity contribution in [3.05, 3.63) is 29.3 Å². The van der Waals surface area contributed by atoms with Gasteiger partial charge >= 0.3 is 18.2 Å². The van der Waals surface area contributed by atoms with E-state index < -0.39 is 23.7 Å². The summed E-state index contributed by atoms with van der Waals surface area (Å²) < 4.78 is 38.3. The summed E-state index contributed by atoms with van der Waals surface area (Å²) in [6, 6.07) is 3.68. The summed E-state index contributed by atoms with van der Waals surface area (Å²) in [6.07, 6.45) is -5.13. The van der Waals surface area contributed by atoms with Crippen LogP contribution in [0.25, 0.3) is 0 Å². The topological polar surface area (TPSA) is 78.4 Å². The molecule has 0 spiro atoms. The number of carboxylic acids is 1. The number of hydrogen-bond acceptors (Lipinski definition) is 2. The molecule has 5 nitrogen and oxygen atoms in total. The first kappa shape index (κ1) is 16.8. The fourth-order valence-electron chi connectivity index (χ4n) is 1.68. The number of carboxylic acid groups (broad SMARTS) is 1. The van der Waals surface area contributed by atoms with Crippen LogP contribution < -0.4 is 10.6 Å². The van der Waals surface area contributed by atoms with Gasteiger partial charge in [-0.2, -0.15) is 13.2 Å². The van der Waals surface area contributed by atoms with Crippen LogP contribution in [-0.4, -0.2) is 28.8 Å². The van der Waals surface area contributed by atoms with Crippen molar-refractivity contribution in [3.8, 4) is 0 Å². The van der Waals surface area contributed by atoms with Crippen LogP contribution in [-0.2, 0) is 4.79 Å². The number of anilines is 1. The van der Waals surface area contributed by atoms with Crippen LogP contribution in [0, 0.1) is 13.8 Å². The summed E-state index contributed by atoms with van der Waals surface area (Å²) in [7, 11) is 0. The molecule has 1 rings (SSSR count). The van der Waals surface area contributed by atoms with Gasteiger partial charge < -0.3 is 15.7 Å². The van der Waals surface area contributed by atoms with Crippen molar-refractivity contribution in [3.63, 3.8) is 0 Å². The molecule has 3 N–H and O–H groups in total. The minimum atomic E-state index is -5.13. The molecule has 0 saturated heterocycles. The Hall–Kier alpha value is -2.25. The minimum Gasteiger partial charge on any atom is -0.479 e. The van der Waals surface area contributed by atoms with E-state index >= 15 is 0 Å². The first-order chi connectivity index (χ1) is 9.45. The minimum absolute atomic E-state index is 0.278. The molecule has 0 aromatic heterocycles. The molecule has 1 aromatic rings. The number of rotatable bonds is 3. The first-order valence-corrected chi connectivity index (χ1v) is 5.93. The number of aryl methyl sites for hydroxylation is 2. The van der Waals surface area contributed by atoms with Gasteiger partial charge in [-0.3, -0.25) is 0 Å². The second-order valence-corrected chi connectivity index (χ2v) is 4.88. The van der Waals surface area contributed by atoms with E-state index in [9.17, 15) is 22.8 Å². The van der Waals surface area contributed by atoms with Gasteiger partial charge in [-0.15, -0.1) is 0 Å². The summed E-state index contributed by atoms with van der Waals surface area (Å²) in [6.45, 7) is 3.90. The lowest BCUT2D eigenvalue weighted by atomic mass is 10.0. The Morgan fingerprint density at radius 2 is 1.57 bits per heavy atom. The van der Waals surface area contributed by atoms with E-state index in [0.717, 1.165) is 11.1 Å². The van der Waals surface area contributed by atoms with Gasteiger partial charge in [0.05, 0.1) is 0 Å². The summed E-state index contributed by atoms with van der Waals surface area (Å²) in [5.41, 5.74) is -1.47. The highest BCUT2D eigenvalue weighted by atomic mass is 19.4. The largest absolute Gasteiger partial charge is 0.479 e. The van der Waals surface area contributed by atoms with Gasteiger partial charge in [0.15, 0.2) is 0 Å². The van der Waals surface area contributed by atoms with Crippen molar-refractivity contribution >= 4 is 17.7 Å². The Bertz CT molecular complexity index is 552. The van der Waals surface area contributed by atoms with E-state index in [1.807, 2.05) is 6.07 Å². The molecule has 2 amide bonds. The van der Waals surface area contributed by atoms with Crippen molar-refractivity contribution in [2.75, 3.05) is 5.32 Å². The monoisotopic (exact) mass is 304 g/mol. The van der Waals surface area contributed by atoms with Crippen LogP contribution in [0.15, 0.2) is 18.2 Å². The van der Waals surface area contributed by atoms with Crippen molar-refractivity contribution in [2.24, 2.45) is 0 Å². The Labute approximate surface area is 119 Å². The van der Waals surface area contributed by atoms with Crippen molar-refractivity contribution in [1.29, 1.82) is 0 Å². The molecular weight excluding hydrogens is 289 g/mol. The van der Waals surface area contributed by atoms with Crippen LogP contribution in [0.5, 0.6) is 0 Å². The van der Waals surface area contributed by atoms with Gasteiger partial charge in [0.1, 0.15) is 0 Å². The molecule has 0 radical (unpaired) electrons. The predicted octanol–water partition coefficient (Wildman–Crippen LogP) is 2.83. The molecule has 0 bridgehead atoms. The molecule has 0 saturated carbocycles. The maximum Gasteiger partial charge on any atom is 0.422 e. The maximum absolute atomic E-state index is 12.8. The van der Waals surface area contributed by atoms with Gasteiger partial charge in [0, 0.05) is 5.69 Å². The number of carbonyl (C=O) groups is 2. The molecule has 116 valence electrons. The van der Waals surface area contributed by atoms with E-state index in [0.29, 0.717) is 6.92 Å². The highest BCUT2D eigenvalue weighted by molar-refractivity contribution is 5.94. The molecule has 1 aromatic carbocycles. The van der Waals surface area contributed by atoms with Gasteiger partial charge in [-0.05, 0) is 44.0 Å². The van der Waals surface area contributed by atoms with Gasteiger partial charge in [-0.1, -0.05) is 6.07 Å². The molecule has 0 heterocycles. The van der Waals surface area contributed by atoms with Crippen LogP contribution >= 0.6 is 0 Å². The van der Waals surface area contributed by atoms with Crippen molar-refractivity contribution in [1.82, 2.24) is 5.32 Å². The number of alkyl halides is 3. The second kappa shape index (κ2) is 5.63. The lowest BCUT2D eigenvalue weighted by molar-refractivity contribution is -0.203. The van der Waals surface area contributed by atoms with E-state index in [1.165, 1.54) is 5.32 Å². The zero-order valence-corrected chi connectivity index (χ0v) is 11.6. The number of hydrogen-bond donors (Lipinski definition) is 3. The number of halogens is 3. The maximum atomic E-state index is 12.8. The molecule has 21 heavy (non-hydrogen) atoms. The number of carbonyl (C=O) groups excluding carboxylic acids is 1. The highest BCUT2D eigenvalue weighted by Crippen LogP contribution is 2.30. The molecule has 0 aliphatic carbocycles. The average molecular weight is 304 g/mol. The second-order valence-electron chi connectivity index (χ2n) is 4.88. The molecular formula is C13H15F3N2O3. The Morgan fingerprint density at radius 3 is 1.95 bits per heavy atom. The normalized spacial score (nSPS) is 14.2. The third-order valence-corrected chi connectivity index (χ3v) is 2.84. The number of amides is 2. The van der Waals surface area contributed by atoms with Crippen LogP contribution in [0.4, 0.5) is 23.7 Å². The van der Waals surface area contributed by atoms with Gasteiger partial charge in [0.25, 0.3) is 0 Å². The summed E-state index contributed by atoms with van der Waals surface area (Å²) in [5, 5.41) is 12.3. The highest BCUT2D eigenvalue weighted by Gasteiger charge is 2.58. The molecule has 1 atom stereocenters. The summed E-state index contributed by atoms with van der Waals surface area (Å²) in [4.78, 5) is 22.4. The SMILES string of the molecule is Cc1cc(C)cc(NC(=O)NC(C)(C(=O)O)C(F)(F)F)c1. The van der Waals surface area contributed by atoms with Crippen molar-refractivity contribution < 1.29 is 27.9 Å². The van der Waals surface area contributed by atoms with Gasteiger partial charge in [-0.25, -0.2) is 9.59 Å². The predicted molar refractivity (Wildman–Crippen MR) is 70.2 cm³/mol. The molecule has 0 fully saturated rings. The van der Waals surface area contributed by atoms with Crippen LogP contribution in [0.1, 0.15) is 18.1 Å². The van der Waals surface area contributed by atoms with Gasteiger partial charge in [0.2, 0.25) is 5.54 Å². The Kier molecular flexibility index (Phi) is 4.50. The number of nitrogens with one attached hydrogen (secondary N) is 2. The first-order valence-electron chi connectivity index (χ1n) is 5.93. The third-order valence-electron chi connectivity index (χ3n) is 2.84. The number of aliphatic carboxylic acids is 1. The van der Waals surface area contributed by atoms with E-state index in [4.69, 9.17) is 5.11 Å². The van der Waals surface area contributed by atoms with Crippen molar-refractivity contribution in [2.45, 2.75) is 32.5 Å². The van der Waals surface area contributed by atoms with E-state index in [-0.39, 0.29) is 5.69 Å². The Balaban J connectivity index is 2.92. The average Bonchev–Trinajstić information content (AvgIpc) is 2.24. The quantitative estimate of drug-likeness (QED) is 0.803. The Morgan fingerprint density at radius 1 is 1.10 bits per heavy atom. The zero-order chi connectivity index (χ0) is 16.4. The summed E-state index contributed by atoms with van der Waals surface area (Å²) >= 11 is 0. The fourth-order valence-corrected chi connectivity index (χ4v) is 1.68.